The van der Waals surface area contributed by atoms with E-state index in [1.54, 1.807) is 0 Å². The summed E-state index contributed by atoms with van der Waals surface area (Å²) >= 11 is 0. The number of aryl methyl sites for hydroxylation is 1. The fourth-order valence-electron chi connectivity index (χ4n) is 2.28. The Morgan fingerprint density at radius 2 is 1.95 bits per heavy atom. The highest BCUT2D eigenvalue weighted by Crippen LogP contribution is 2.02. The second kappa shape index (κ2) is 10.2. The van der Waals surface area contributed by atoms with Gasteiger partial charge in [0, 0.05) is 20.1 Å². The molecule has 0 amide bonds. The van der Waals surface area contributed by atoms with Crippen molar-refractivity contribution in [2.75, 3.05) is 33.2 Å². The van der Waals surface area contributed by atoms with Gasteiger partial charge in [-0.1, -0.05) is 43.7 Å². The van der Waals surface area contributed by atoms with Crippen molar-refractivity contribution >= 4 is 5.96 Å². The fraction of sp³-hybridized carbons (Fsp3) is 0.588. The fourth-order valence-corrected chi connectivity index (χ4v) is 2.28. The van der Waals surface area contributed by atoms with Gasteiger partial charge in [-0.15, -0.1) is 0 Å². The first kappa shape index (κ1) is 17.5. The molecule has 1 aromatic carbocycles. The van der Waals surface area contributed by atoms with Crippen molar-refractivity contribution in [1.29, 1.82) is 0 Å². The first-order valence-electron chi connectivity index (χ1n) is 7.92. The second-order valence-corrected chi connectivity index (χ2v) is 5.22. The maximum Gasteiger partial charge on any atom is 0.191 e. The number of guanidine groups is 1. The first-order valence-corrected chi connectivity index (χ1v) is 7.92. The van der Waals surface area contributed by atoms with Crippen molar-refractivity contribution in [3.05, 3.63) is 35.4 Å². The third-order valence-corrected chi connectivity index (χ3v) is 3.60. The lowest BCUT2D eigenvalue weighted by molar-refractivity contribution is 0.300. The molecule has 0 fully saturated rings. The average molecular weight is 290 g/mol. The van der Waals surface area contributed by atoms with E-state index < -0.39 is 0 Å². The molecule has 0 radical (unpaired) electrons. The summed E-state index contributed by atoms with van der Waals surface area (Å²) in [4.78, 5) is 6.70. The van der Waals surface area contributed by atoms with E-state index in [-0.39, 0.29) is 0 Å². The third kappa shape index (κ3) is 7.14. The lowest BCUT2D eigenvalue weighted by Gasteiger charge is -2.18. The Balaban J connectivity index is 2.26. The summed E-state index contributed by atoms with van der Waals surface area (Å²) in [5.74, 6) is 0.871. The number of rotatable bonds is 8. The quantitative estimate of drug-likeness (QED) is 0.439. The maximum absolute atomic E-state index is 4.26. The molecular formula is C17H30N4. The van der Waals surface area contributed by atoms with Gasteiger partial charge in [0.05, 0.1) is 0 Å². The van der Waals surface area contributed by atoms with Crippen LogP contribution in [0.15, 0.2) is 29.3 Å². The van der Waals surface area contributed by atoms with Gasteiger partial charge in [-0.25, -0.2) is 0 Å². The van der Waals surface area contributed by atoms with Gasteiger partial charge in [-0.3, -0.25) is 4.99 Å². The Hall–Kier alpha value is -1.55. The number of nitrogens with zero attached hydrogens (tertiary/aromatic N) is 2. The summed E-state index contributed by atoms with van der Waals surface area (Å²) in [5, 5.41) is 6.72. The highest BCUT2D eigenvalue weighted by atomic mass is 15.2. The topological polar surface area (TPSA) is 39.7 Å². The van der Waals surface area contributed by atoms with E-state index in [0.717, 1.165) is 45.1 Å². The summed E-state index contributed by atoms with van der Waals surface area (Å²) in [6.45, 7) is 11.7. The molecule has 0 unspecified atom stereocenters. The Labute approximate surface area is 129 Å². The predicted octanol–water partition coefficient (Wildman–Crippen LogP) is 2.39. The van der Waals surface area contributed by atoms with Crippen molar-refractivity contribution in [2.45, 2.75) is 33.7 Å². The van der Waals surface area contributed by atoms with E-state index in [1.165, 1.54) is 11.1 Å². The van der Waals surface area contributed by atoms with Gasteiger partial charge in [0.2, 0.25) is 0 Å². The lowest BCUT2D eigenvalue weighted by Crippen LogP contribution is -2.38. The van der Waals surface area contributed by atoms with Crippen LogP contribution >= 0.6 is 0 Å². The van der Waals surface area contributed by atoms with Crippen LogP contribution in [0.25, 0.3) is 0 Å². The van der Waals surface area contributed by atoms with E-state index in [2.05, 4.69) is 65.6 Å². The molecule has 0 saturated carbocycles. The molecule has 21 heavy (non-hydrogen) atoms. The van der Waals surface area contributed by atoms with Gasteiger partial charge >= 0.3 is 0 Å². The van der Waals surface area contributed by atoms with E-state index in [1.807, 2.05) is 7.05 Å². The Morgan fingerprint density at radius 3 is 2.57 bits per heavy atom. The zero-order chi connectivity index (χ0) is 15.5. The maximum atomic E-state index is 4.26. The van der Waals surface area contributed by atoms with Gasteiger partial charge in [-0.2, -0.15) is 0 Å². The molecule has 0 aliphatic carbocycles. The van der Waals surface area contributed by atoms with Crippen molar-refractivity contribution in [3.8, 4) is 0 Å². The van der Waals surface area contributed by atoms with Crippen molar-refractivity contribution in [3.63, 3.8) is 0 Å². The SMILES string of the molecule is CCN(CC)CCCNC(=NC)NCc1cccc(C)c1. The highest BCUT2D eigenvalue weighted by molar-refractivity contribution is 5.79. The average Bonchev–Trinajstić information content (AvgIpc) is 2.50. The van der Waals surface area contributed by atoms with Gasteiger partial charge in [-0.05, 0) is 38.5 Å². The molecule has 0 heterocycles. The normalized spacial score (nSPS) is 11.8. The molecule has 0 saturated heterocycles. The van der Waals surface area contributed by atoms with E-state index >= 15 is 0 Å². The van der Waals surface area contributed by atoms with Crippen LogP contribution in [0.2, 0.25) is 0 Å². The van der Waals surface area contributed by atoms with Crippen LogP contribution in [0.4, 0.5) is 0 Å². The molecule has 1 aromatic rings. The zero-order valence-electron chi connectivity index (χ0n) is 13.9. The molecule has 1 rings (SSSR count). The summed E-state index contributed by atoms with van der Waals surface area (Å²) in [7, 11) is 1.82. The molecular weight excluding hydrogens is 260 g/mol. The minimum absolute atomic E-state index is 0.803. The molecule has 0 spiro atoms. The van der Waals surface area contributed by atoms with Gasteiger partial charge in [0.15, 0.2) is 5.96 Å². The highest BCUT2D eigenvalue weighted by Gasteiger charge is 2.00. The first-order chi connectivity index (χ1) is 10.2. The molecule has 2 N–H and O–H groups in total. The number of hydrogen-bond donors (Lipinski definition) is 2. The zero-order valence-corrected chi connectivity index (χ0v) is 13.9. The largest absolute Gasteiger partial charge is 0.356 e. The van der Waals surface area contributed by atoms with Crippen LogP contribution in [0.3, 0.4) is 0 Å². The Morgan fingerprint density at radius 1 is 1.19 bits per heavy atom. The summed E-state index contributed by atoms with van der Waals surface area (Å²) in [6.07, 6.45) is 1.13. The molecule has 0 aromatic heterocycles. The van der Waals surface area contributed by atoms with E-state index in [0.29, 0.717) is 0 Å². The molecule has 0 bridgehead atoms. The minimum atomic E-state index is 0.803. The van der Waals surface area contributed by atoms with Crippen LogP contribution in [0.5, 0.6) is 0 Å². The smallest absolute Gasteiger partial charge is 0.191 e. The molecule has 0 aliphatic heterocycles. The predicted molar refractivity (Wildman–Crippen MR) is 91.8 cm³/mol. The van der Waals surface area contributed by atoms with Crippen LogP contribution < -0.4 is 10.6 Å². The molecule has 118 valence electrons. The monoisotopic (exact) mass is 290 g/mol. The molecule has 0 atom stereocenters. The third-order valence-electron chi connectivity index (χ3n) is 3.60. The van der Waals surface area contributed by atoms with E-state index in [4.69, 9.17) is 0 Å². The van der Waals surface area contributed by atoms with Gasteiger partial charge in [0.1, 0.15) is 0 Å². The summed E-state index contributed by atoms with van der Waals surface area (Å²) in [5.41, 5.74) is 2.57. The number of nitrogens with one attached hydrogen (secondary N) is 2. The molecule has 0 aliphatic rings. The van der Waals surface area contributed by atoms with Crippen molar-refractivity contribution in [2.24, 2.45) is 4.99 Å². The van der Waals surface area contributed by atoms with Crippen LogP contribution in [0.1, 0.15) is 31.4 Å². The minimum Gasteiger partial charge on any atom is -0.356 e. The number of benzene rings is 1. The molecule has 4 nitrogen and oxygen atoms in total. The van der Waals surface area contributed by atoms with Crippen LogP contribution in [-0.2, 0) is 6.54 Å². The lowest BCUT2D eigenvalue weighted by atomic mass is 10.1. The standard InChI is InChI=1S/C17H30N4/c1-5-21(6-2)12-8-11-19-17(18-4)20-14-16-10-7-9-15(3)13-16/h7,9-10,13H,5-6,8,11-12,14H2,1-4H3,(H2,18,19,20). The van der Waals surface area contributed by atoms with Gasteiger partial charge < -0.3 is 15.5 Å². The molecule has 4 heteroatoms. The van der Waals surface area contributed by atoms with Crippen molar-refractivity contribution in [1.82, 2.24) is 15.5 Å². The van der Waals surface area contributed by atoms with Crippen molar-refractivity contribution < 1.29 is 0 Å². The summed E-state index contributed by atoms with van der Waals surface area (Å²) in [6, 6.07) is 8.53. The second-order valence-electron chi connectivity index (χ2n) is 5.22. The van der Waals surface area contributed by atoms with Crippen LogP contribution in [-0.4, -0.2) is 44.1 Å². The number of hydrogen-bond acceptors (Lipinski definition) is 2. The number of aliphatic imine (C=N–C) groups is 1. The van der Waals surface area contributed by atoms with Gasteiger partial charge in [0.25, 0.3) is 0 Å². The Bertz CT molecular complexity index is 425. The Kier molecular flexibility index (Phi) is 8.51. The summed E-state index contributed by atoms with van der Waals surface area (Å²) < 4.78 is 0. The van der Waals surface area contributed by atoms with E-state index in [9.17, 15) is 0 Å². The van der Waals surface area contributed by atoms with Crippen LogP contribution in [0, 0.1) is 6.92 Å².